The zero-order valence-corrected chi connectivity index (χ0v) is 14.0. The number of hydrogen-bond donors (Lipinski definition) is 2. The first-order valence-electron chi connectivity index (χ1n) is 8.06. The van der Waals surface area contributed by atoms with E-state index in [0.717, 1.165) is 12.8 Å². The molecule has 1 aliphatic heterocycles. The van der Waals surface area contributed by atoms with E-state index in [9.17, 15) is 15.0 Å². The summed E-state index contributed by atoms with van der Waals surface area (Å²) in [5.41, 5.74) is 0.597. The van der Waals surface area contributed by atoms with Crippen LogP contribution in [0, 0.1) is 6.92 Å². The zero-order chi connectivity index (χ0) is 17.4. The molecule has 0 spiro atoms. The summed E-state index contributed by atoms with van der Waals surface area (Å²) in [6, 6.07) is 2.85. The van der Waals surface area contributed by atoms with E-state index >= 15 is 0 Å². The molecule has 1 unspecified atom stereocenters. The van der Waals surface area contributed by atoms with Crippen LogP contribution in [0.15, 0.2) is 16.7 Å². The van der Waals surface area contributed by atoms with Gasteiger partial charge in [0.05, 0.1) is 11.6 Å². The quantitative estimate of drug-likeness (QED) is 0.839. The van der Waals surface area contributed by atoms with Gasteiger partial charge in [-0.1, -0.05) is 25.1 Å². The van der Waals surface area contributed by atoms with Gasteiger partial charge in [-0.15, -0.1) is 0 Å². The van der Waals surface area contributed by atoms with Crippen LogP contribution in [-0.2, 0) is 0 Å². The Morgan fingerprint density at radius 3 is 2.75 bits per heavy atom. The molecule has 0 aliphatic carbocycles. The third-order valence-electron chi connectivity index (χ3n) is 4.35. The van der Waals surface area contributed by atoms with Crippen LogP contribution in [0.5, 0.6) is 11.5 Å². The first-order chi connectivity index (χ1) is 11.4. The average molecular weight is 331 g/mol. The Morgan fingerprint density at radius 1 is 1.33 bits per heavy atom. The third-order valence-corrected chi connectivity index (χ3v) is 4.35. The van der Waals surface area contributed by atoms with Crippen LogP contribution in [0.3, 0.4) is 0 Å². The number of phenolic OH excluding ortho intramolecular Hbond substituents is 2. The molecule has 1 atom stereocenters. The average Bonchev–Trinajstić information content (AvgIpc) is 3.20. The number of amides is 1. The maximum absolute atomic E-state index is 12.8. The van der Waals surface area contributed by atoms with E-state index < -0.39 is 0 Å². The molecule has 1 saturated heterocycles. The van der Waals surface area contributed by atoms with E-state index in [1.54, 1.807) is 17.9 Å². The Labute approximate surface area is 139 Å². The van der Waals surface area contributed by atoms with Gasteiger partial charge in [-0.05, 0) is 31.4 Å². The van der Waals surface area contributed by atoms with Crippen molar-refractivity contribution < 1.29 is 19.5 Å². The number of likely N-dealkylation sites (tertiary alicyclic amines) is 1. The number of carbonyl (C=O) groups excluding carboxylic acids is 1. The molecule has 0 bridgehead atoms. The van der Waals surface area contributed by atoms with E-state index in [1.807, 2.05) is 13.8 Å². The number of phenols is 2. The largest absolute Gasteiger partial charge is 0.504 e. The van der Waals surface area contributed by atoms with Gasteiger partial charge in [-0.2, -0.15) is 4.98 Å². The summed E-state index contributed by atoms with van der Waals surface area (Å²) in [4.78, 5) is 18.8. The molecule has 1 aliphatic rings. The number of aromatic hydroxyl groups is 2. The predicted molar refractivity (Wildman–Crippen MR) is 85.9 cm³/mol. The van der Waals surface area contributed by atoms with E-state index in [2.05, 4.69) is 10.1 Å². The Morgan fingerprint density at radius 2 is 2.08 bits per heavy atom. The lowest BCUT2D eigenvalue weighted by atomic mass is 10.1. The molecule has 2 N–H and O–H groups in total. The number of hydrogen-bond acceptors (Lipinski definition) is 6. The minimum Gasteiger partial charge on any atom is -0.504 e. The molecule has 2 aromatic rings. The SMILES string of the molecule is Cc1ccc(C(=O)N2CCCC2c2noc(C(C)C)n2)c(O)c1O. The molecule has 3 rings (SSSR count). The fourth-order valence-electron chi connectivity index (χ4n) is 2.90. The first-order valence-corrected chi connectivity index (χ1v) is 8.06. The topological polar surface area (TPSA) is 99.7 Å². The van der Waals surface area contributed by atoms with Crippen molar-refractivity contribution in [2.75, 3.05) is 6.54 Å². The second kappa shape index (κ2) is 6.14. The number of carbonyl (C=O) groups is 1. The van der Waals surface area contributed by atoms with Gasteiger partial charge >= 0.3 is 0 Å². The highest BCUT2D eigenvalue weighted by molar-refractivity contribution is 5.98. The highest BCUT2D eigenvalue weighted by atomic mass is 16.5. The normalized spacial score (nSPS) is 17.7. The Hall–Kier alpha value is -2.57. The molecule has 128 valence electrons. The van der Waals surface area contributed by atoms with Crippen molar-refractivity contribution in [1.82, 2.24) is 15.0 Å². The Kier molecular flexibility index (Phi) is 4.17. The molecule has 2 heterocycles. The van der Waals surface area contributed by atoms with Gasteiger partial charge in [0, 0.05) is 12.5 Å². The van der Waals surface area contributed by atoms with Crippen LogP contribution in [0.4, 0.5) is 0 Å². The summed E-state index contributed by atoms with van der Waals surface area (Å²) in [7, 11) is 0. The lowest BCUT2D eigenvalue weighted by molar-refractivity contribution is 0.0724. The fraction of sp³-hybridized carbons (Fsp3) is 0.471. The summed E-state index contributed by atoms with van der Waals surface area (Å²) >= 11 is 0. The molecule has 1 aromatic carbocycles. The van der Waals surface area contributed by atoms with Crippen LogP contribution in [0.1, 0.15) is 66.3 Å². The van der Waals surface area contributed by atoms with Crippen molar-refractivity contribution in [3.05, 3.63) is 35.0 Å². The maximum Gasteiger partial charge on any atom is 0.258 e. The van der Waals surface area contributed by atoms with E-state index in [4.69, 9.17) is 4.52 Å². The van der Waals surface area contributed by atoms with Crippen molar-refractivity contribution in [2.45, 2.75) is 45.6 Å². The molecule has 0 radical (unpaired) electrons. The summed E-state index contributed by atoms with van der Waals surface area (Å²) in [6.07, 6.45) is 1.56. The van der Waals surface area contributed by atoms with Crippen molar-refractivity contribution in [1.29, 1.82) is 0 Å². The Bertz CT molecular complexity index is 769. The summed E-state index contributed by atoms with van der Waals surface area (Å²) in [5, 5.41) is 24.0. The number of aromatic nitrogens is 2. The molecular weight excluding hydrogens is 310 g/mol. The molecule has 7 nitrogen and oxygen atoms in total. The van der Waals surface area contributed by atoms with Gasteiger partial charge in [0.25, 0.3) is 5.91 Å². The first kappa shape index (κ1) is 16.3. The molecular formula is C17H21N3O4. The van der Waals surface area contributed by atoms with Crippen LogP contribution in [0.25, 0.3) is 0 Å². The summed E-state index contributed by atoms with van der Waals surface area (Å²) in [6.45, 7) is 6.13. The van der Waals surface area contributed by atoms with E-state index in [0.29, 0.717) is 23.8 Å². The van der Waals surface area contributed by atoms with Crippen LogP contribution >= 0.6 is 0 Å². The van der Waals surface area contributed by atoms with Gasteiger partial charge in [-0.25, -0.2) is 0 Å². The van der Waals surface area contributed by atoms with E-state index in [-0.39, 0.29) is 34.9 Å². The van der Waals surface area contributed by atoms with Gasteiger partial charge in [0.1, 0.15) is 0 Å². The van der Waals surface area contributed by atoms with Gasteiger partial charge < -0.3 is 19.6 Å². The highest BCUT2D eigenvalue weighted by Crippen LogP contribution is 2.37. The van der Waals surface area contributed by atoms with E-state index in [1.165, 1.54) is 6.07 Å². The van der Waals surface area contributed by atoms with Crippen molar-refractivity contribution >= 4 is 5.91 Å². The number of aryl methyl sites for hydroxylation is 1. The molecule has 7 heteroatoms. The third kappa shape index (κ3) is 2.70. The molecule has 1 fully saturated rings. The second-order valence-corrected chi connectivity index (χ2v) is 6.43. The number of benzene rings is 1. The lowest BCUT2D eigenvalue weighted by Gasteiger charge is -2.23. The van der Waals surface area contributed by atoms with Crippen molar-refractivity contribution in [2.24, 2.45) is 0 Å². The maximum atomic E-state index is 12.8. The lowest BCUT2D eigenvalue weighted by Crippen LogP contribution is -2.31. The summed E-state index contributed by atoms with van der Waals surface area (Å²) < 4.78 is 5.24. The van der Waals surface area contributed by atoms with Gasteiger partial charge in [0.2, 0.25) is 5.89 Å². The standard InChI is InChI=1S/C17H21N3O4/c1-9(2)16-18-15(19-24-16)12-5-4-8-20(12)17(23)11-7-6-10(3)13(21)14(11)22/h6-7,9,12,21-22H,4-5,8H2,1-3H3. The molecule has 1 aromatic heterocycles. The number of rotatable bonds is 3. The minimum absolute atomic E-state index is 0.0811. The summed E-state index contributed by atoms with van der Waals surface area (Å²) in [5.74, 6) is 0.150. The van der Waals surface area contributed by atoms with Crippen molar-refractivity contribution in [3.8, 4) is 11.5 Å². The second-order valence-electron chi connectivity index (χ2n) is 6.43. The monoisotopic (exact) mass is 331 g/mol. The van der Waals surface area contributed by atoms with Crippen molar-refractivity contribution in [3.63, 3.8) is 0 Å². The fourth-order valence-corrected chi connectivity index (χ4v) is 2.90. The number of nitrogens with zero attached hydrogens (tertiary/aromatic N) is 3. The molecule has 1 amide bonds. The minimum atomic E-state index is -0.387. The van der Waals surface area contributed by atoms with Crippen LogP contribution in [-0.4, -0.2) is 37.7 Å². The van der Waals surface area contributed by atoms with Crippen LogP contribution in [0.2, 0.25) is 0 Å². The molecule has 24 heavy (non-hydrogen) atoms. The highest BCUT2D eigenvalue weighted by Gasteiger charge is 2.35. The van der Waals surface area contributed by atoms with Gasteiger partial charge in [0.15, 0.2) is 17.3 Å². The molecule has 0 saturated carbocycles. The predicted octanol–water partition coefficient (Wildman–Crippen LogP) is 2.89. The Balaban J connectivity index is 1.90. The smallest absolute Gasteiger partial charge is 0.258 e. The zero-order valence-electron chi connectivity index (χ0n) is 14.0. The van der Waals surface area contributed by atoms with Gasteiger partial charge in [-0.3, -0.25) is 4.79 Å². The van der Waals surface area contributed by atoms with Crippen LogP contribution < -0.4 is 0 Å².